The van der Waals surface area contributed by atoms with Gasteiger partial charge in [0.2, 0.25) is 0 Å². The predicted octanol–water partition coefficient (Wildman–Crippen LogP) is 3.16. The number of hydrogen-bond acceptors (Lipinski definition) is 0. The van der Waals surface area contributed by atoms with Gasteiger partial charge < -0.3 is 0 Å². The van der Waals surface area contributed by atoms with Gasteiger partial charge in [0.05, 0.1) is 0 Å². The quantitative estimate of drug-likeness (QED) is 0.302. The van der Waals surface area contributed by atoms with Crippen LogP contribution in [0.3, 0.4) is 0 Å². The van der Waals surface area contributed by atoms with Crippen molar-refractivity contribution in [2.45, 2.75) is 0 Å². The Morgan fingerprint density at radius 2 is 0.576 bits per heavy atom. The normalized spacial score (nSPS) is 9.97. The van der Waals surface area contributed by atoms with E-state index in [1.165, 1.54) is 22.0 Å². The fourth-order valence-corrected chi connectivity index (χ4v) is 11.1. The van der Waals surface area contributed by atoms with Crippen molar-refractivity contribution in [2.75, 3.05) is 0 Å². The Hall–Kier alpha value is -2.22. The third kappa shape index (κ3) is 7.95. The second kappa shape index (κ2) is 14.1. The minimum absolute atomic E-state index is 0. The molecule has 3 heteroatoms. The average molecular weight is 538 g/mol. The van der Waals surface area contributed by atoms with Crippen LogP contribution in [0.4, 0.5) is 0 Å². The molecular formula is C30H25Ge2Li. The van der Waals surface area contributed by atoms with Gasteiger partial charge in [-0.25, -0.2) is 0 Å². The summed E-state index contributed by atoms with van der Waals surface area (Å²) in [7, 11) is 0. The van der Waals surface area contributed by atoms with Crippen molar-refractivity contribution in [2.24, 2.45) is 0 Å². The molecule has 0 atom stereocenters. The van der Waals surface area contributed by atoms with Crippen molar-refractivity contribution in [1.29, 1.82) is 0 Å². The number of rotatable bonds is 5. The molecule has 0 fully saturated rings. The van der Waals surface area contributed by atoms with E-state index in [1.807, 2.05) is 0 Å². The molecule has 0 amide bonds. The summed E-state index contributed by atoms with van der Waals surface area (Å²) in [5.74, 6) is 0. The molecule has 0 saturated carbocycles. The second-order valence-corrected chi connectivity index (χ2v) is 15.5. The molecule has 0 N–H and O–H groups in total. The third-order valence-corrected chi connectivity index (χ3v) is 13.4. The summed E-state index contributed by atoms with van der Waals surface area (Å²) in [6.45, 7) is 0. The first-order chi connectivity index (χ1) is 15.9. The molecule has 0 aliphatic rings. The molecule has 5 rings (SSSR count). The van der Waals surface area contributed by atoms with Crippen LogP contribution in [-0.4, -0.2) is 48.6 Å². The Morgan fingerprint density at radius 3 is 0.848 bits per heavy atom. The molecule has 4 radical (unpaired) electrons. The maximum atomic E-state index is 2.27. The Balaban J connectivity index is 0.000000192. The average Bonchev–Trinajstić information content (AvgIpc) is 2.88. The van der Waals surface area contributed by atoms with Crippen molar-refractivity contribution in [3.8, 4) is 0 Å². The van der Waals surface area contributed by atoms with Crippen molar-refractivity contribution >= 4 is 70.6 Å². The fourth-order valence-electron chi connectivity index (χ4n) is 3.52. The third-order valence-electron chi connectivity index (χ3n) is 5.02. The Kier molecular flexibility index (Phi) is 10.9. The zero-order chi connectivity index (χ0) is 21.8. The molecule has 0 spiro atoms. The van der Waals surface area contributed by atoms with E-state index < -0.39 is 14.3 Å². The van der Waals surface area contributed by atoms with Gasteiger partial charge in [0.15, 0.2) is 0 Å². The molecule has 5 aromatic carbocycles. The van der Waals surface area contributed by atoms with Crippen LogP contribution in [0.1, 0.15) is 0 Å². The summed E-state index contributed by atoms with van der Waals surface area (Å²) >= 11 is -1.74. The second-order valence-electron chi connectivity index (χ2n) is 7.33. The Bertz CT molecular complexity index is 1040. The van der Waals surface area contributed by atoms with Gasteiger partial charge in [0.1, 0.15) is 0 Å². The topological polar surface area (TPSA) is 0 Å². The van der Waals surface area contributed by atoms with Crippen molar-refractivity contribution in [3.63, 3.8) is 0 Å². The molecule has 154 valence electrons. The first-order valence-corrected chi connectivity index (χ1v) is 16.0. The van der Waals surface area contributed by atoms with E-state index in [9.17, 15) is 0 Å². The van der Waals surface area contributed by atoms with E-state index in [1.54, 1.807) is 0 Å². The molecule has 0 aliphatic carbocycles. The summed E-state index contributed by atoms with van der Waals surface area (Å²) in [4.78, 5) is 0. The monoisotopic (exact) mass is 540 g/mol. The Labute approximate surface area is 220 Å². The molecule has 0 heterocycles. The fraction of sp³-hybridized carbons (Fsp3) is 0. The van der Waals surface area contributed by atoms with Gasteiger partial charge in [0, 0.05) is 18.9 Å². The standard InChI is InChI=1S/C18H15Ge.C12H10Ge.Li/c1-4-10-16(11-5-1)19(17-12-6-2-7-13-17)18-14-8-3-9-15-18;1-3-7-11(8-4-1)13-12-9-5-2-6-10-12;/h1-15H;1-10H;. The predicted molar refractivity (Wildman–Crippen MR) is 148 cm³/mol. The molecule has 0 unspecified atom stereocenters. The van der Waals surface area contributed by atoms with Gasteiger partial charge in [-0.3, -0.25) is 0 Å². The summed E-state index contributed by atoms with van der Waals surface area (Å²) in [5, 5.41) is 0. The summed E-state index contributed by atoms with van der Waals surface area (Å²) < 4.78 is 7.49. The van der Waals surface area contributed by atoms with E-state index in [4.69, 9.17) is 0 Å². The molecule has 0 aromatic heterocycles. The van der Waals surface area contributed by atoms with Gasteiger partial charge in [-0.1, -0.05) is 0 Å². The summed E-state index contributed by atoms with van der Waals surface area (Å²) in [6.07, 6.45) is 0. The van der Waals surface area contributed by atoms with Crippen LogP contribution in [0.25, 0.3) is 0 Å². The van der Waals surface area contributed by atoms with Gasteiger partial charge >= 0.3 is 203 Å². The Morgan fingerprint density at radius 1 is 0.333 bits per heavy atom. The van der Waals surface area contributed by atoms with Crippen molar-refractivity contribution in [1.82, 2.24) is 0 Å². The van der Waals surface area contributed by atoms with Crippen molar-refractivity contribution in [3.05, 3.63) is 152 Å². The summed E-state index contributed by atoms with van der Waals surface area (Å²) in [5.41, 5.74) is 0. The van der Waals surface area contributed by atoms with Crippen LogP contribution in [-0.2, 0) is 0 Å². The molecule has 33 heavy (non-hydrogen) atoms. The van der Waals surface area contributed by atoms with Crippen LogP contribution >= 0.6 is 0 Å². The molecule has 5 aromatic rings. The van der Waals surface area contributed by atoms with Gasteiger partial charge in [-0.2, -0.15) is 0 Å². The molecule has 0 bridgehead atoms. The SMILES string of the molecule is [Li].c1cc[c]([Ge]([c]2ccccc2)[c]2ccccc2)cc1.c1cc[c]([Ge][c]2ccccc2)cc1. The number of benzene rings is 5. The van der Waals surface area contributed by atoms with Crippen molar-refractivity contribution < 1.29 is 0 Å². The van der Waals surface area contributed by atoms with Gasteiger partial charge in [0.25, 0.3) is 0 Å². The maximum absolute atomic E-state index is 2.27. The van der Waals surface area contributed by atoms with Crippen LogP contribution in [0, 0.1) is 0 Å². The molecule has 0 saturated heterocycles. The van der Waals surface area contributed by atoms with Gasteiger partial charge in [-0.05, 0) is 0 Å². The zero-order valence-corrected chi connectivity index (χ0v) is 23.1. The molecule has 0 aliphatic heterocycles. The van der Waals surface area contributed by atoms with Gasteiger partial charge in [-0.15, -0.1) is 0 Å². The first kappa shape index (κ1) is 25.4. The van der Waals surface area contributed by atoms with E-state index in [0.29, 0.717) is 0 Å². The summed E-state index contributed by atoms with van der Waals surface area (Å²) in [6, 6.07) is 54.3. The van der Waals surface area contributed by atoms with Crippen LogP contribution in [0.2, 0.25) is 0 Å². The van der Waals surface area contributed by atoms with E-state index in [2.05, 4.69) is 152 Å². The number of hydrogen-bond donors (Lipinski definition) is 0. The van der Waals surface area contributed by atoms with Crippen LogP contribution in [0.5, 0.6) is 0 Å². The first-order valence-electron chi connectivity index (χ1n) is 10.8. The molecule has 0 nitrogen and oxygen atoms in total. The zero-order valence-electron chi connectivity index (χ0n) is 18.9. The van der Waals surface area contributed by atoms with Crippen LogP contribution in [0.15, 0.2) is 152 Å². The van der Waals surface area contributed by atoms with E-state index in [0.717, 1.165) is 0 Å². The minimum atomic E-state index is -1.63. The van der Waals surface area contributed by atoms with E-state index in [-0.39, 0.29) is 34.3 Å². The van der Waals surface area contributed by atoms with E-state index >= 15 is 0 Å². The van der Waals surface area contributed by atoms with Crippen LogP contribution < -0.4 is 22.0 Å². The molecular weight excluding hydrogens is 512 g/mol.